The molecule has 0 atom stereocenters. The molecule has 0 saturated carbocycles. The van der Waals surface area contributed by atoms with Crippen LogP contribution >= 0.6 is 22.9 Å². The monoisotopic (exact) mass is 276 g/mol. The molecule has 0 amide bonds. The highest BCUT2D eigenvalue weighted by atomic mass is 35.5. The molecule has 3 rings (SSSR count). The van der Waals surface area contributed by atoms with E-state index in [1.807, 2.05) is 24.3 Å². The summed E-state index contributed by atoms with van der Waals surface area (Å²) in [7, 11) is 0. The van der Waals surface area contributed by atoms with Crippen molar-refractivity contribution < 1.29 is 4.74 Å². The number of halogens is 1. The van der Waals surface area contributed by atoms with Crippen LogP contribution < -0.4 is 10.5 Å². The van der Waals surface area contributed by atoms with Crippen LogP contribution in [0.5, 0.6) is 10.9 Å². The number of nitrogens with zero attached hydrogens (tertiary/aromatic N) is 1. The van der Waals surface area contributed by atoms with E-state index in [9.17, 15) is 0 Å². The molecule has 0 fully saturated rings. The largest absolute Gasteiger partial charge is 0.427 e. The molecule has 18 heavy (non-hydrogen) atoms. The van der Waals surface area contributed by atoms with Crippen molar-refractivity contribution >= 4 is 38.8 Å². The fourth-order valence-electron chi connectivity index (χ4n) is 1.62. The number of nitrogen functional groups attached to an aromatic ring is 1. The Hall–Kier alpha value is -1.78. The average Bonchev–Trinajstić information content (AvgIpc) is 2.76. The van der Waals surface area contributed by atoms with Crippen molar-refractivity contribution in [3.05, 3.63) is 47.5 Å². The first-order valence-electron chi connectivity index (χ1n) is 5.31. The van der Waals surface area contributed by atoms with E-state index in [-0.39, 0.29) is 0 Å². The molecule has 2 N–H and O–H groups in total. The molecule has 2 aromatic carbocycles. The number of benzene rings is 2. The normalized spacial score (nSPS) is 10.7. The third-order valence-electron chi connectivity index (χ3n) is 2.46. The van der Waals surface area contributed by atoms with E-state index in [2.05, 4.69) is 4.98 Å². The van der Waals surface area contributed by atoms with E-state index >= 15 is 0 Å². The third kappa shape index (κ3) is 2.00. The number of anilines is 1. The van der Waals surface area contributed by atoms with Gasteiger partial charge in [0.1, 0.15) is 0 Å². The summed E-state index contributed by atoms with van der Waals surface area (Å²) in [5, 5.41) is 1.02. The molecule has 0 radical (unpaired) electrons. The fraction of sp³-hybridized carbons (Fsp3) is 0. The van der Waals surface area contributed by atoms with Gasteiger partial charge in [0.25, 0.3) is 5.19 Å². The number of fused-ring (bicyclic) bond motifs is 1. The summed E-state index contributed by atoms with van der Waals surface area (Å²) in [6.45, 7) is 0. The second kappa shape index (κ2) is 4.48. The summed E-state index contributed by atoms with van der Waals surface area (Å²) >= 11 is 7.51. The van der Waals surface area contributed by atoms with E-state index in [4.69, 9.17) is 22.1 Å². The summed E-state index contributed by atoms with van der Waals surface area (Å²) in [5.41, 5.74) is 7.24. The van der Waals surface area contributed by atoms with Gasteiger partial charge in [-0.25, -0.2) is 4.98 Å². The zero-order valence-electron chi connectivity index (χ0n) is 9.26. The SMILES string of the molecule is Nc1cccc(Cl)c1Oc1nc2ccccc2s1. The molecule has 0 aliphatic carbocycles. The van der Waals surface area contributed by atoms with Crippen LogP contribution in [-0.2, 0) is 0 Å². The first-order valence-corrected chi connectivity index (χ1v) is 6.51. The molecule has 0 aliphatic heterocycles. The van der Waals surface area contributed by atoms with Gasteiger partial charge in [-0.15, -0.1) is 0 Å². The van der Waals surface area contributed by atoms with Crippen molar-refractivity contribution in [3.8, 4) is 10.9 Å². The Balaban J connectivity index is 2.01. The van der Waals surface area contributed by atoms with Crippen molar-refractivity contribution in [2.75, 3.05) is 5.73 Å². The zero-order chi connectivity index (χ0) is 12.5. The summed E-state index contributed by atoms with van der Waals surface area (Å²) in [6.07, 6.45) is 0. The van der Waals surface area contributed by atoms with Crippen LogP contribution in [0.4, 0.5) is 5.69 Å². The number of rotatable bonds is 2. The molecule has 0 spiro atoms. The van der Waals surface area contributed by atoms with Crippen molar-refractivity contribution in [1.82, 2.24) is 4.98 Å². The second-order valence-corrected chi connectivity index (χ2v) is 5.11. The number of aromatic nitrogens is 1. The smallest absolute Gasteiger partial charge is 0.279 e. The molecule has 0 saturated heterocycles. The quantitative estimate of drug-likeness (QED) is 0.709. The molecule has 0 unspecified atom stereocenters. The molecule has 90 valence electrons. The first kappa shape index (κ1) is 11.3. The fourth-order valence-corrected chi connectivity index (χ4v) is 2.66. The molecular weight excluding hydrogens is 268 g/mol. The minimum atomic E-state index is 0.457. The molecule has 0 bridgehead atoms. The number of nitrogens with two attached hydrogens (primary N) is 1. The van der Waals surface area contributed by atoms with Crippen LogP contribution in [-0.4, -0.2) is 4.98 Å². The molecule has 1 aromatic heterocycles. The van der Waals surface area contributed by atoms with E-state index < -0.39 is 0 Å². The van der Waals surface area contributed by atoms with Crippen LogP contribution in [0.25, 0.3) is 10.2 Å². The lowest BCUT2D eigenvalue weighted by Gasteiger charge is -2.06. The van der Waals surface area contributed by atoms with Crippen molar-refractivity contribution in [2.24, 2.45) is 0 Å². The van der Waals surface area contributed by atoms with E-state index in [1.165, 1.54) is 11.3 Å². The van der Waals surface area contributed by atoms with Crippen molar-refractivity contribution in [2.45, 2.75) is 0 Å². The predicted octanol–water partition coefficient (Wildman–Crippen LogP) is 4.32. The van der Waals surface area contributed by atoms with Gasteiger partial charge in [0.05, 0.1) is 20.9 Å². The van der Waals surface area contributed by atoms with Gasteiger partial charge >= 0.3 is 0 Å². The highest BCUT2D eigenvalue weighted by Crippen LogP contribution is 2.37. The Bertz CT molecular complexity index is 658. The summed E-state index contributed by atoms with van der Waals surface area (Å²) in [4.78, 5) is 4.37. The number of hydrogen-bond donors (Lipinski definition) is 1. The van der Waals surface area contributed by atoms with Crippen LogP contribution in [0.1, 0.15) is 0 Å². The molecule has 3 nitrogen and oxygen atoms in total. The summed E-state index contributed by atoms with van der Waals surface area (Å²) in [5.74, 6) is 0.457. The minimum absolute atomic E-state index is 0.457. The van der Waals surface area contributed by atoms with Gasteiger partial charge < -0.3 is 10.5 Å². The van der Waals surface area contributed by atoms with Gasteiger partial charge in [-0.3, -0.25) is 0 Å². The van der Waals surface area contributed by atoms with Crippen LogP contribution in [0.15, 0.2) is 42.5 Å². The number of hydrogen-bond acceptors (Lipinski definition) is 4. The van der Waals surface area contributed by atoms with E-state index in [1.54, 1.807) is 18.2 Å². The average molecular weight is 277 g/mol. The lowest BCUT2D eigenvalue weighted by molar-refractivity contribution is 0.483. The van der Waals surface area contributed by atoms with Gasteiger partial charge in [0, 0.05) is 0 Å². The third-order valence-corrected chi connectivity index (χ3v) is 3.67. The van der Waals surface area contributed by atoms with Gasteiger partial charge in [-0.2, -0.15) is 0 Å². The maximum atomic E-state index is 6.05. The Morgan fingerprint density at radius 2 is 1.94 bits per heavy atom. The van der Waals surface area contributed by atoms with Gasteiger partial charge in [-0.1, -0.05) is 41.1 Å². The Labute approximate surface area is 113 Å². The lowest BCUT2D eigenvalue weighted by atomic mass is 10.3. The van der Waals surface area contributed by atoms with Crippen LogP contribution in [0, 0.1) is 0 Å². The van der Waals surface area contributed by atoms with Crippen molar-refractivity contribution in [3.63, 3.8) is 0 Å². The highest BCUT2D eigenvalue weighted by molar-refractivity contribution is 7.20. The van der Waals surface area contributed by atoms with Crippen LogP contribution in [0.3, 0.4) is 0 Å². The van der Waals surface area contributed by atoms with Crippen molar-refractivity contribution in [1.29, 1.82) is 0 Å². The number of para-hydroxylation sites is 2. The maximum Gasteiger partial charge on any atom is 0.279 e. The lowest BCUT2D eigenvalue weighted by Crippen LogP contribution is -1.92. The molecule has 1 heterocycles. The standard InChI is InChI=1S/C13H9ClN2OS/c14-8-4-3-5-9(15)12(8)17-13-16-10-6-1-2-7-11(10)18-13/h1-7H,15H2. The van der Waals surface area contributed by atoms with E-state index in [0.29, 0.717) is 21.7 Å². The Morgan fingerprint density at radius 1 is 1.11 bits per heavy atom. The Kier molecular flexibility index (Phi) is 2.81. The molecule has 3 aromatic rings. The zero-order valence-corrected chi connectivity index (χ0v) is 10.8. The van der Waals surface area contributed by atoms with Gasteiger partial charge in [0.15, 0.2) is 5.75 Å². The Morgan fingerprint density at radius 3 is 2.72 bits per heavy atom. The maximum absolute atomic E-state index is 6.05. The summed E-state index contributed by atoms with van der Waals surface area (Å²) < 4.78 is 6.74. The first-order chi connectivity index (χ1) is 8.74. The second-order valence-electron chi connectivity index (χ2n) is 3.71. The number of ether oxygens (including phenoxy) is 1. The summed E-state index contributed by atoms with van der Waals surface area (Å²) in [6, 6.07) is 13.1. The van der Waals surface area contributed by atoms with Gasteiger partial charge in [-0.05, 0) is 24.3 Å². The predicted molar refractivity (Wildman–Crippen MR) is 75.6 cm³/mol. The topological polar surface area (TPSA) is 48.1 Å². The molecule has 5 heteroatoms. The highest BCUT2D eigenvalue weighted by Gasteiger charge is 2.10. The minimum Gasteiger partial charge on any atom is -0.427 e. The van der Waals surface area contributed by atoms with Gasteiger partial charge in [0.2, 0.25) is 0 Å². The van der Waals surface area contributed by atoms with Crippen LogP contribution in [0.2, 0.25) is 5.02 Å². The number of thiazole rings is 1. The van der Waals surface area contributed by atoms with E-state index in [0.717, 1.165) is 10.2 Å². The molecule has 0 aliphatic rings. The molecular formula is C13H9ClN2OS.